The molecule has 2 aromatic rings. The summed E-state index contributed by atoms with van der Waals surface area (Å²) in [6, 6.07) is 7.73. The van der Waals surface area contributed by atoms with Crippen LogP contribution in [0.3, 0.4) is 0 Å². The van der Waals surface area contributed by atoms with Gasteiger partial charge in [0.2, 0.25) is 0 Å². The van der Waals surface area contributed by atoms with E-state index >= 15 is 0 Å². The summed E-state index contributed by atoms with van der Waals surface area (Å²) < 4.78 is 18.1. The average Bonchev–Trinajstić information content (AvgIpc) is 2.92. The van der Waals surface area contributed by atoms with Crippen molar-refractivity contribution in [1.82, 2.24) is 9.47 Å². The molecule has 1 atom stereocenters. The molecule has 0 unspecified atom stereocenters. The number of hydrogen-bond donors (Lipinski definition) is 0. The van der Waals surface area contributed by atoms with Crippen molar-refractivity contribution in [1.29, 1.82) is 0 Å². The Hall–Kier alpha value is -2.21. The van der Waals surface area contributed by atoms with E-state index in [1.54, 1.807) is 10.8 Å². The lowest BCUT2D eigenvalue weighted by Gasteiger charge is -2.33. The summed E-state index contributed by atoms with van der Waals surface area (Å²) in [6.07, 6.45) is 3.73. The van der Waals surface area contributed by atoms with Crippen LogP contribution in [0.25, 0.3) is 11.1 Å². The molecule has 1 fully saturated rings. The molecular weight excluding hydrogens is 296 g/mol. The maximum absolute atomic E-state index is 12.3. The zero-order valence-electron chi connectivity index (χ0n) is 12.9. The first kappa shape index (κ1) is 14.4. The Morgan fingerprint density at radius 1 is 1.22 bits per heavy atom. The van der Waals surface area contributed by atoms with Crippen LogP contribution >= 0.6 is 0 Å². The number of hydrogen-bond acceptors (Lipinski definition) is 5. The molecule has 0 N–H and O–H groups in total. The number of likely N-dealkylation sites (tertiary alicyclic amines) is 1. The van der Waals surface area contributed by atoms with Gasteiger partial charge in [-0.3, -0.25) is 9.47 Å². The fraction of sp³-hybridized carbons (Fsp3) is 0.471. The first-order chi connectivity index (χ1) is 11.3. The third-order valence-electron chi connectivity index (χ3n) is 4.45. The molecule has 0 saturated carbocycles. The number of nitrogens with zero attached hydrogens (tertiary/aromatic N) is 2. The number of oxazole rings is 1. The molecular formula is C17H20N2O4. The molecule has 2 aliphatic heterocycles. The number of ether oxygens (including phenoxy) is 2. The van der Waals surface area contributed by atoms with Crippen LogP contribution in [0.5, 0.6) is 0 Å². The normalized spacial score (nSPS) is 22.4. The monoisotopic (exact) mass is 316 g/mol. The molecule has 2 aliphatic rings. The Morgan fingerprint density at radius 3 is 3.00 bits per heavy atom. The highest BCUT2D eigenvalue weighted by Crippen LogP contribution is 2.25. The fourth-order valence-electron chi connectivity index (χ4n) is 3.43. The van der Waals surface area contributed by atoms with Crippen LogP contribution in [0, 0.1) is 0 Å². The molecule has 1 aromatic heterocycles. The van der Waals surface area contributed by atoms with E-state index in [-0.39, 0.29) is 11.8 Å². The second-order valence-corrected chi connectivity index (χ2v) is 6.04. The van der Waals surface area contributed by atoms with Gasteiger partial charge >= 0.3 is 5.76 Å². The summed E-state index contributed by atoms with van der Waals surface area (Å²) in [6.45, 7) is 3.75. The molecule has 3 heterocycles. The van der Waals surface area contributed by atoms with E-state index < -0.39 is 0 Å². The van der Waals surface area contributed by atoms with Crippen LogP contribution in [0.1, 0.15) is 18.9 Å². The first-order valence-electron chi connectivity index (χ1n) is 8.07. The molecule has 0 radical (unpaired) electrons. The molecule has 23 heavy (non-hydrogen) atoms. The van der Waals surface area contributed by atoms with E-state index in [4.69, 9.17) is 13.9 Å². The lowest BCUT2D eigenvalue weighted by Crippen LogP contribution is -2.40. The van der Waals surface area contributed by atoms with Crippen molar-refractivity contribution < 1.29 is 13.9 Å². The highest BCUT2D eigenvalue weighted by Gasteiger charge is 2.26. The van der Waals surface area contributed by atoms with Gasteiger partial charge in [-0.05, 0) is 31.5 Å². The first-order valence-corrected chi connectivity index (χ1v) is 8.07. The lowest BCUT2D eigenvalue weighted by molar-refractivity contribution is 0.0629. The van der Waals surface area contributed by atoms with E-state index in [0.717, 1.165) is 43.8 Å². The van der Waals surface area contributed by atoms with Gasteiger partial charge in [-0.1, -0.05) is 12.1 Å². The summed E-state index contributed by atoms with van der Waals surface area (Å²) in [7, 11) is 0. The Balaban J connectivity index is 1.55. The van der Waals surface area contributed by atoms with Gasteiger partial charge in [0.1, 0.15) is 25.2 Å². The molecule has 4 rings (SSSR count). The van der Waals surface area contributed by atoms with Crippen molar-refractivity contribution in [2.45, 2.75) is 18.9 Å². The number of piperidine rings is 1. The molecule has 1 saturated heterocycles. The topological polar surface area (TPSA) is 56.8 Å². The maximum atomic E-state index is 12.3. The number of para-hydroxylation sites is 2. The van der Waals surface area contributed by atoms with Crippen LogP contribution in [0.4, 0.5) is 0 Å². The van der Waals surface area contributed by atoms with Crippen molar-refractivity contribution in [2.75, 3.05) is 32.8 Å². The van der Waals surface area contributed by atoms with Gasteiger partial charge in [-0.2, -0.15) is 0 Å². The molecule has 0 spiro atoms. The van der Waals surface area contributed by atoms with Gasteiger partial charge in [0.15, 0.2) is 5.58 Å². The third-order valence-corrected chi connectivity index (χ3v) is 4.45. The fourth-order valence-corrected chi connectivity index (χ4v) is 3.43. The molecule has 0 aliphatic carbocycles. The van der Waals surface area contributed by atoms with Crippen molar-refractivity contribution in [3.05, 3.63) is 46.8 Å². The van der Waals surface area contributed by atoms with Gasteiger partial charge in [0.05, 0.1) is 18.1 Å². The maximum Gasteiger partial charge on any atom is 0.420 e. The van der Waals surface area contributed by atoms with Gasteiger partial charge in [-0.15, -0.1) is 0 Å². The summed E-state index contributed by atoms with van der Waals surface area (Å²) >= 11 is 0. The Kier molecular flexibility index (Phi) is 3.83. The molecule has 0 bridgehead atoms. The molecule has 6 heteroatoms. The predicted molar refractivity (Wildman–Crippen MR) is 85.2 cm³/mol. The van der Waals surface area contributed by atoms with Crippen molar-refractivity contribution in [2.24, 2.45) is 0 Å². The Labute approximate surface area is 133 Å². The second-order valence-electron chi connectivity index (χ2n) is 6.04. The van der Waals surface area contributed by atoms with E-state index in [9.17, 15) is 4.79 Å². The highest BCUT2D eigenvalue weighted by molar-refractivity contribution is 5.72. The third kappa shape index (κ3) is 2.86. The van der Waals surface area contributed by atoms with E-state index in [2.05, 4.69) is 4.90 Å². The van der Waals surface area contributed by atoms with E-state index in [1.807, 2.05) is 24.3 Å². The van der Waals surface area contributed by atoms with E-state index in [1.165, 1.54) is 0 Å². The number of fused-ring (bicyclic) bond motifs is 1. The molecule has 1 aromatic carbocycles. The predicted octanol–water partition coefficient (Wildman–Crippen LogP) is 2.12. The largest absolute Gasteiger partial charge is 0.494 e. The SMILES string of the molecule is O=c1oc2ccccc2n1[C@@H]1CCCN(CC2=COCCO2)C1. The summed E-state index contributed by atoms with van der Waals surface area (Å²) in [5.41, 5.74) is 1.53. The lowest BCUT2D eigenvalue weighted by atomic mass is 10.1. The zero-order valence-corrected chi connectivity index (χ0v) is 12.9. The molecule has 0 amide bonds. The van der Waals surface area contributed by atoms with Crippen molar-refractivity contribution in [3.8, 4) is 0 Å². The van der Waals surface area contributed by atoms with Gasteiger partial charge in [0, 0.05) is 6.54 Å². The van der Waals surface area contributed by atoms with Crippen LogP contribution in [-0.4, -0.2) is 42.3 Å². The minimum absolute atomic E-state index is 0.130. The van der Waals surface area contributed by atoms with Crippen LogP contribution < -0.4 is 5.76 Å². The standard InChI is InChI=1S/C17H20N2O4/c20-17-19(15-5-1-2-6-16(15)23-17)13-4-3-7-18(10-13)11-14-12-21-8-9-22-14/h1-2,5-6,12-13H,3-4,7-11H2/t13-/m1/s1. The number of rotatable bonds is 3. The zero-order chi connectivity index (χ0) is 15.6. The summed E-state index contributed by atoms with van der Waals surface area (Å²) in [5.74, 6) is 0.593. The highest BCUT2D eigenvalue weighted by atomic mass is 16.6. The summed E-state index contributed by atoms with van der Waals surface area (Å²) in [4.78, 5) is 14.6. The van der Waals surface area contributed by atoms with Gasteiger partial charge in [-0.25, -0.2) is 4.79 Å². The Bertz CT molecular complexity index is 776. The second kappa shape index (κ2) is 6.12. The number of aromatic nitrogens is 1. The average molecular weight is 316 g/mol. The Morgan fingerprint density at radius 2 is 2.13 bits per heavy atom. The quantitative estimate of drug-likeness (QED) is 0.868. The van der Waals surface area contributed by atoms with Crippen molar-refractivity contribution in [3.63, 3.8) is 0 Å². The van der Waals surface area contributed by atoms with Crippen LogP contribution in [-0.2, 0) is 9.47 Å². The summed E-state index contributed by atoms with van der Waals surface area (Å²) in [5, 5.41) is 0. The van der Waals surface area contributed by atoms with Crippen LogP contribution in [0.15, 0.2) is 45.5 Å². The molecule has 6 nitrogen and oxygen atoms in total. The minimum Gasteiger partial charge on any atom is -0.494 e. The minimum atomic E-state index is -0.269. The molecule has 122 valence electrons. The van der Waals surface area contributed by atoms with Gasteiger partial charge in [0.25, 0.3) is 0 Å². The van der Waals surface area contributed by atoms with Gasteiger partial charge < -0.3 is 13.9 Å². The van der Waals surface area contributed by atoms with Crippen LogP contribution in [0.2, 0.25) is 0 Å². The smallest absolute Gasteiger partial charge is 0.420 e. The van der Waals surface area contributed by atoms with E-state index in [0.29, 0.717) is 18.8 Å². The van der Waals surface area contributed by atoms with Crippen molar-refractivity contribution >= 4 is 11.1 Å². The number of benzene rings is 1.